The molecule has 1 amide bonds. The molecule has 0 spiro atoms. The van der Waals surface area contributed by atoms with Crippen molar-refractivity contribution in [1.82, 2.24) is 5.32 Å². The van der Waals surface area contributed by atoms with Gasteiger partial charge < -0.3 is 15.1 Å². The molecule has 1 saturated heterocycles. The van der Waals surface area contributed by atoms with Crippen molar-refractivity contribution in [3.05, 3.63) is 58.3 Å². The number of carbonyl (C=O) groups excluding carboxylic acids is 1. The summed E-state index contributed by atoms with van der Waals surface area (Å²) in [6.45, 7) is 5.02. The lowest BCUT2D eigenvalue weighted by Crippen LogP contribution is -3.27. The Morgan fingerprint density at radius 1 is 1.13 bits per heavy atom. The van der Waals surface area contributed by atoms with Crippen LogP contribution in [0, 0.1) is 0 Å². The Bertz CT molecular complexity index is 606. The zero-order chi connectivity index (χ0) is 16.1. The number of amides is 1. The average Bonchev–Trinajstić information content (AvgIpc) is 3.10. The van der Waals surface area contributed by atoms with E-state index in [1.165, 1.54) is 9.78 Å². The van der Waals surface area contributed by atoms with E-state index >= 15 is 0 Å². The number of likely N-dealkylation sites (N-methyl/N-ethyl adjacent to an activating group) is 1. The molecule has 5 heteroatoms. The molecule has 0 aliphatic carbocycles. The van der Waals surface area contributed by atoms with Gasteiger partial charge in [-0.3, -0.25) is 4.79 Å². The smallest absolute Gasteiger partial charge is 0.275 e. The molecule has 1 aromatic heterocycles. The number of quaternary nitrogens is 2. The van der Waals surface area contributed by atoms with Crippen LogP contribution in [0.25, 0.3) is 0 Å². The summed E-state index contributed by atoms with van der Waals surface area (Å²) in [6, 6.07) is 14.3. The highest BCUT2D eigenvalue weighted by molar-refractivity contribution is 7.10. The summed E-state index contributed by atoms with van der Waals surface area (Å²) in [5.74, 6) is 0.141. The molecule has 122 valence electrons. The number of piperazine rings is 1. The molecule has 2 heterocycles. The van der Waals surface area contributed by atoms with Crippen molar-refractivity contribution < 1.29 is 14.6 Å². The topological polar surface area (TPSA) is 38.0 Å². The highest BCUT2D eigenvalue weighted by Gasteiger charge is 2.24. The minimum absolute atomic E-state index is 0.0406. The van der Waals surface area contributed by atoms with Crippen molar-refractivity contribution in [3.63, 3.8) is 0 Å². The number of hydrogen-bond donors (Lipinski definition) is 3. The van der Waals surface area contributed by atoms with Gasteiger partial charge in [-0.05, 0) is 17.0 Å². The van der Waals surface area contributed by atoms with Crippen LogP contribution in [0.1, 0.15) is 16.5 Å². The average molecular weight is 331 g/mol. The van der Waals surface area contributed by atoms with Gasteiger partial charge in [-0.15, -0.1) is 11.3 Å². The minimum atomic E-state index is -0.0406. The van der Waals surface area contributed by atoms with Crippen LogP contribution >= 0.6 is 11.3 Å². The van der Waals surface area contributed by atoms with Crippen LogP contribution in [0.3, 0.4) is 0 Å². The fourth-order valence-electron chi connectivity index (χ4n) is 3.07. The summed E-state index contributed by atoms with van der Waals surface area (Å²) >= 11 is 1.69. The normalized spacial score (nSPS) is 22.5. The van der Waals surface area contributed by atoms with Crippen molar-refractivity contribution in [2.24, 2.45) is 0 Å². The molecule has 2 aromatic rings. The molecular weight excluding hydrogens is 306 g/mol. The minimum Gasteiger partial charge on any atom is -0.339 e. The maximum atomic E-state index is 12.5. The first-order valence-corrected chi connectivity index (χ1v) is 9.13. The van der Waals surface area contributed by atoms with Crippen molar-refractivity contribution in [2.75, 3.05) is 39.8 Å². The van der Waals surface area contributed by atoms with E-state index in [9.17, 15) is 4.79 Å². The molecule has 0 radical (unpaired) electrons. The van der Waals surface area contributed by atoms with E-state index in [1.54, 1.807) is 16.2 Å². The zero-order valence-corrected chi connectivity index (χ0v) is 14.4. The number of benzene rings is 1. The Kier molecular flexibility index (Phi) is 5.43. The Morgan fingerprint density at radius 2 is 1.87 bits per heavy atom. The third kappa shape index (κ3) is 4.41. The fraction of sp³-hybridized carbons (Fsp3) is 0.389. The first-order valence-electron chi connectivity index (χ1n) is 8.25. The van der Waals surface area contributed by atoms with Crippen LogP contribution in [0.15, 0.2) is 47.8 Å². The van der Waals surface area contributed by atoms with Gasteiger partial charge in [0.1, 0.15) is 26.2 Å². The van der Waals surface area contributed by atoms with E-state index in [0.29, 0.717) is 6.54 Å². The van der Waals surface area contributed by atoms with E-state index in [-0.39, 0.29) is 11.9 Å². The predicted molar refractivity (Wildman–Crippen MR) is 92.9 cm³/mol. The van der Waals surface area contributed by atoms with Gasteiger partial charge >= 0.3 is 0 Å². The lowest BCUT2D eigenvalue weighted by molar-refractivity contribution is -1.000. The summed E-state index contributed by atoms with van der Waals surface area (Å²) in [5, 5.41) is 5.30. The lowest BCUT2D eigenvalue weighted by Gasteiger charge is -2.27. The van der Waals surface area contributed by atoms with Gasteiger partial charge in [0.15, 0.2) is 6.54 Å². The Balaban J connectivity index is 1.65. The molecule has 1 aliphatic heterocycles. The van der Waals surface area contributed by atoms with E-state index < -0.39 is 0 Å². The zero-order valence-electron chi connectivity index (χ0n) is 13.5. The standard InChI is InChI=1S/C18H23N3OS/c1-20-9-11-21(12-10-20)14-17(22)19-18(16-8-5-13-23-16)15-6-3-2-4-7-15/h2-8,13,18H,9-12,14H2,1H3,(H,19,22)/p+2/t18-/m0/s1. The molecule has 1 aliphatic rings. The summed E-state index contributed by atoms with van der Waals surface area (Å²) in [7, 11) is 2.22. The van der Waals surface area contributed by atoms with E-state index in [0.717, 1.165) is 31.7 Å². The number of hydrogen-bond acceptors (Lipinski definition) is 2. The first kappa shape index (κ1) is 16.2. The van der Waals surface area contributed by atoms with Crippen molar-refractivity contribution in [3.8, 4) is 0 Å². The number of thiophene rings is 1. The summed E-state index contributed by atoms with van der Waals surface area (Å²) in [4.78, 5) is 16.7. The SMILES string of the molecule is C[NH+]1CC[NH+](CC(=O)N[C@@H](c2ccccc2)c2cccs2)CC1. The molecular formula is C18H25N3OS+2. The van der Waals surface area contributed by atoms with Crippen LogP contribution in [0.2, 0.25) is 0 Å². The monoisotopic (exact) mass is 331 g/mol. The first-order chi connectivity index (χ1) is 11.2. The van der Waals surface area contributed by atoms with Gasteiger partial charge in [0.05, 0.1) is 13.1 Å². The number of carbonyl (C=O) groups is 1. The molecule has 1 fully saturated rings. The Morgan fingerprint density at radius 3 is 2.52 bits per heavy atom. The second kappa shape index (κ2) is 7.73. The van der Waals surface area contributed by atoms with Crippen molar-refractivity contribution in [2.45, 2.75) is 6.04 Å². The Labute approximate surface area is 141 Å². The molecule has 3 rings (SSSR count). The highest BCUT2D eigenvalue weighted by atomic mass is 32.1. The van der Waals surface area contributed by atoms with E-state index in [1.807, 2.05) is 24.3 Å². The fourth-order valence-corrected chi connectivity index (χ4v) is 3.87. The molecule has 1 atom stereocenters. The second-order valence-electron chi connectivity index (χ2n) is 6.31. The van der Waals surface area contributed by atoms with Gasteiger partial charge in [-0.2, -0.15) is 0 Å². The lowest BCUT2D eigenvalue weighted by atomic mass is 10.1. The van der Waals surface area contributed by atoms with Crippen LogP contribution in [-0.2, 0) is 4.79 Å². The van der Waals surface area contributed by atoms with Gasteiger partial charge in [0.2, 0.25) is 0 Å². The molecule has 0 bridgehead atoms. The predicted octanol–water partition coefficient (Wildman–Crippen LogP) is -0.633. The van der Waals surface area contributed by atoms with Crippen LogP contribution in [-0.4, -0.2) is 45.7 Å². The molecule has 4 nitrogen and oxygen atoms in total. The highest BCUT2D eigenvalue weighted by Crippen LogP contribution is 2.25. The second-order valence-corrected chi connectivity index (χ2v) is 7.29. The maximum absolute atomic E-state index is 12.5. The van der Waals surface area contributed by atoms with Gasteiger partial charge in [0.25, 0.3) is 5.91 Å². The quantitative estimate of drug-likeness (QED) is 0.670. The molecule has 0 unspecified atom stereocenters. The Hall–Kier alpha value is -1.69. The summed E-state index contributed by atoms with van der Waals surface area (Å²) in [5.41, 5.74) is 1.14. The van der Waals surface area contributed by atoms with Crippen molar-refractivity contribution >= 4 is 17.2 Å². The largest absolute Gasteiger partial charge is 0.339 e. The molecule has 3 N–H and O–H groups in total. The van der Waals surface area contributed by atoms with Crippen LogP contribution in [0.4, 0.5) is 0 Å². The maximum Gasteiger partial charge on any atom is 0.275 e. The van der Waals surface area contributed by atoms with Crippen LogP contribution < -0.4 is 15.1 Å². The number of nitrogens with one attached hydrogen (secondary N) is 3. The third-order valence-corrected chi connectivity index (χ3v) is 5.42. The third-order valence-electron chi connectivity index (χ3n) is 4.49. The van der Waals surface area contributed by atoms with Gasteiger partial charge in [0, 0.05) is 4.88 Å². The van der Waals surface area contributed by atoms with Gasteiger partial charge in [-0.25, -0.2) is 0 Å². The van der Waals surface area contributed by atoms with Crippen LogP contribution in [0.5, 0.6) is 0 Å². The van der Waals surface area contributed by atoms with Crippen molar-refractivity contribution in [1.29, 1.82) is 0 Å². The molecule has 23 heavy (non-hydrogen) atoms. The van der Waals surface area contributed by atoms with E-state index in [2.05, 4.69) is 35.9 Å². The van der Waals surface area contributed by atoms with E-state index in [4.69, 9.17) is 0 Å². The molecule has 1 aromatic carbocycles. The summed E-state index contributed by atoms with van der Waals surface area (Å²) < 4.78 is 0. The van der Waals surface area contributed by atoms with Gasteiger partial charge in [-0.1, -0.05) is 36.4 Å². The summed E-state index contributed by atoms with van der Waals surface area (Å²) in [6.07, 6.45) is 0. The molecule has 0 saturated carbocycles. The number of rotatable bonds is 5.